The highest BCUT2D eigenvalue weighted by Gasteiger charge is 2.23. The van der Waals surface area contributed by atoms with E-state index in [9.17, 15) is 4.79 Å². The third kappa shape index (κ3) is 4.30. The molecule has 0 aliphatic carbocycles. The largest absolute Gasteiger partial charge is 0.457 e. The number of nitrogens with zero attached hydrogens (tertiary/aromatic N) is 5. The van der Waals surface area contributed by atoms with E-state index in [4.69, 9.17) is 10.5 Å². The number of hydrogen-bond acceptors (Lipinski definition) is 9. The lowest BCUT2D eigenvalue weighted by atomic mass is 10.2. The number of carbonyl (C=O) groups is 1. The first kappa shape index (κ1) is 20.0. The molecule has 2 aromatic carbocycles. The average Bonchev–Trinajstić information content (AvgIpc) is 2.74. The van der Waals surface area contributed by atoms with Crippen molar-refractivity contribution in [1.29, 1.82) is 0 Å². The van der Waals surface area contributed by atoms with Crippen molar-refractivity contribution in [2.45, 2.75) is 22.8 Å². The summed E-state index contributed by atoms with van der Waals surface area (Å²) in [5.74, 6) is 0.518. The fraction of sp³-hybridized carbons (Fsp3) is 0.238. The summed E-state index contributed by atoms with van der Waals surface area (Å²) in [6, 6.07) is 16.4. The predicted octanol–water partition coefficient (Wildman–Crippen LogP) is 3.26. The Morgan fingerprint density at radius 1 is 1.03 bits per heavy atom. The summed E-state index contributed by atoms with van der Waals surface area (Å²) in [4.78, 5) is 30.9. The Kier molecular flexibility index (Phi) is 5.71. The minimum absolute atomic E-state index is 0.0462. The van der Waals surface area contributed by atoms with Gasteiger partial charge in [0.15, 0.2) is 12.4 Å². The van der Waals surface area contributed by atoms with E-state index in [0.717, 1.165) is 11.4 Å². The maximum atomic E-state index is 12.4. The monoisotopic (exact) mass is 422 g/mol. The number of nitrogen functional groups attached to an aromatic ring is 1. The Labute approximate surface area is 179 Å². The zero-order valence-electron chi connectivity index (χ0n) is 16.8. The minimum atomic E-state index is -0.325. The molecule has 4 rings (SSSR count). The molecule has 154 valence electrons. The third-order valence-electron chi connectivity index (χ3n) is 4.52. The Morgan fingerprint density at radius 2 is 1.67 bits per heavy atom. The zero-order chi connectivity index (χ0) is 21.1. The number of nitrogens with two attached hydrogens (primary N) is 1. The number of benzene rings is 2. The summed E-state index contributed by atoms with van der Waals surface area (Å²) >= 11 is 1.74. The molecule has 1 aromatic heterocycles. The van der Waals surface area contributed by atoms with Crippen LogP contribution in [-0.2, 0) is 16.1 Å². The van der Waals surface area contributed by atoms with Crippen LogP contribution in [0.3, 0.4) is 0 Å². The number of para-hydroxylation sites is 2. The smallest absolute Gasteiger partial charge is 0.308 e. The van der Waals surface area contributed by atoms with Gasteiger partial charge in [-0.15, -0.1) is 0 Å². The predicted molar refractivity (Wildman–Crippen MR) is 117 cm³/mol. The molecule has 0 radical (unpaired) electrons. The molecule has 0 fully saturated rings. The molecule has 30 heavy (non-hydrogen) atoms. The number of esters is 1. The van der Waals surface area contributed by atoms with E-state index < -0.39 is 0 Å². The quantitative estimate of drug-likeness (QED) is 0.600. The lowest BCUT2D eigenvalue weighted by Crippen LogP contribution is -2.24. The van der Waals surface area contributed by atoms with Crippen LogP contribution in [0.2, 0.25) is 0 Å². The Bertz CT molecular complexity index is 1030. The normalized spacial score (nSPS) is 12.1. The Hall–Kier alpha value is -3.33. The number of fused-ring (bicyclic) bond motifs is 2. The van der Waals surface area contributed by atoms with Gasteiger partial charge in [0, 0.05) is 30.4 Å². The average molecular weight is 423 g/mol. The van der Waals surface area contributed by atoms with Crippen molar-refractivity contribution in [3.63, 3.8) is 0 Å². The van der Waals surface area contributed by atoms with Gasteiger partial charge in [-0.2, -0.15) is 15.0 Å². The van der Waals surface area contributed by atoms with E-state index in [-0.39, 0.29) is 24.9 Å². The van der Waals surface area contributed by atoms with E-state index in [1.54, 1.807) is 30.8 Å². The molecule has 9 heteroatoms. The molecule has 0 atom stereocenters. The molecular weight excluding hydrogens is 400 g/mol. The highest BCUT2D eigenvalue weighted by atomic mass is 32.2. The van der Waals surface area contributed by atoms with Crippen molar-refractivity contribution in [3.8, 4) is 0 Å². The van der Waals surface area contributed by atoms with Gasteiger partial charge in [-0.25, -0.2) is 0 Å². The molecule has 3 aromatic rings. The molecule has 0 spiro atoms. The van der Waals surface area contributed by atoms with E-state index in [2.05, 4.69) is 44.1 Å². The molecule has 1 aliphatic heterocycles. The zero-order valence-corrected chi connectivity index (χ0v) is 17.6. The van der Waals surface area contributed by atoms with Crippen molar-refractivity contribution in [2.75, 3.05) is 36.2 Å². The summed E-state index contributed by atoms with van der Waals surface area (Å²) in [5.41, 5.74) is 7.90. The van der Waals surface area contributed by atoms with Crippen LogP contribution < -0.4 is 15.5 Å². The number of carbonyl (C=O) groups excluding carboxylic acids is 1. The molecule has 0 saturated heterocycles. The first-order valence-electron chi connectivity index (χ1n) is 9.48. The fourth-order valence-electron chi connectivity index (χ4n) is 3.13. The van der Waals surface area contributed by atoms with Crippen LogP contribution in [0.1, 0.15) is 12.2 Å². The van der Waals surface area contributed by atoms with Crippen LogP contribution in [0.4, 0.5) is 23.3 Å². The van der Waals surface area contributed by atoms with Crippen molar-refractivity contribution in [3.05, 3.63) is 54.4 Å². The molecule has 0 saturated carbocycles. The van der Waals surface area contributed by atoms with Gasteiger partial charge in [-0.1, -0.05) is 36.0 Å². The van der Waals surface area contributed by atoms with E-state index in [1.807, 2.05) is 24.3 Å². The van der Waals surface area contributed by atoms with Crippen molar-refractivity contribution >= 4 is 41.0 Å². The molecule has 0 bridgehead atoms. The second-order valence-corrected chi connectivity index (χ2v) is 7.99. The van der Waals surface area contributed by atoms with E-state index >= 15 is 0 Å². The molecular formula is C21H22N6O2S. The first-order valence-corrected chi connectivity index (χ1v) is 10.3. The van der Waals surface area contributed by atoms with Crippen LogP contribution in [0.15, 0.2) is 58.3 Å². The van der Waals surface area contributed by atoms with Crippen molar-refractivity contribution in [1.82, 2.24) is 15.0 Å². The van der Waals surface area contributed by atoms with Crippen LogP contribution in [-0.4, -0.2) is 41.6 Å². The second-order valence-electron chi connectivity index (χ2n) is 6.90. The number of anilines is 4. The second kappa shape index (κ2) is 8.58. The van der Waals surface area contributed by atoms with E-state index in [1.165, 1.54) is 9.79 Å². The van der Waals surface area contributed by atoms with Crippen LogP contribution in [0.25, 0.3) is 0 Å². The highest BCUT2D eigenvalue weighted by Crippen LogP contribution is 2.47. The Morgan fingerprint density at radius 3 is 2.30 bits per heavy atom. The third-order valence-corrected chi connectivity index (χ3v) is 5.65. The molecule has 0 amide bonds. The summed E-state index contributed by atoms with van der Waals surface area (Å²) in [5, 5.41) is 0. The molecule has 1 aliphatic rings. The van der Waals surface area contributed by atoms with Gasteiger partial charge in [-0.05, 0) is 24.3 Å². The number of ether oxygens (including phenoxy) is 1. The van der Waals surface area contributed by atoms with Gasteiger partial charge >= 0.3 is 5.97 Å². The van der Waals surface area contributed by atoms with Crippen LogP contribution >= 0.6 is 11.8 Å². The summed E-state index contributed by atoms with van der Waals surface area (Å²) < 4.78 is 5.39. The van der Waals surface area contributed by atoms with Gasteiger partial charge in [0.25, 0.3) is 0 Å². The highest BCUT2D eigenvalue weighted by molar-refractivity contribution is 7.99. The number of aromatic nitrogens is 3. The van der Waals surface area contributed by atoms with Gasteiger partial charge in [0.1, 0.15) is 0 Å². The van der Waals surface area contributed by atoms with Gasteiger partial charge < -0.3 is 20.3 Å². The molecule has 8 nitrogen and oxygen atoms in total. The summed E-state index contributed by atoms with van der Waals surface area (Å²) in [6.45, 7) is 0.463. The van der Waals surface area contributed by atoms with Crippen LogP contribution in [0, 0.1) is 0 Å². The lowest BCUT2D eigenvalue weighted by molar-refractivity contribution is -0.144. The van der Waals surface area contributed by atoms with Gasteiger partial charge in [0.2, 0.25) is 11.9 Å². The molecule has 2 heterocycles. The fourth-order valence-corrected chi connectivity index (χ4v) is 4.23. The topological polar surface area (TPSA) is 97.5 Å². The summed E-state index contributed by atoms with van der Waals surface area (Å²) in [6.07, 6.45) is 0.231. The van der Waals surface area contributed by atoms with Gasteiger partial charge in [0.05, 0.1) is 17.8 Å². The Balaban J connectivity index is 1.42. The molecule has 0 unspecified atom stereocenters. The van der Waals surface area contributed by atoms with Crippen molar-refractivity contribution in [2.24, 2.45) is 0 Å². The lowest BCUT2D eigenvalue weighted by Gasteiger charge is -2.32. The standard InChI is InChI=1S/C21H22N6O2S/c1-26(2)21-24-18(23-20(22)25-21)13-29-19(28)11-12-27-14-7-3-5-9-16(14)30-17-10-6-4-8-15(17)27/h3-10H,11-13H2,1-2H3,(H2,22,23,24,25). The van der Waals surface area contributed by atoms with E-state index in [0.29, 0.717) is 18.3 Å². The van der Waals surface area contributed by atoms with Gasteiger partial charge in [-0.3, -0.25) is 4.79 Å². The first-order chi connectivity index (χ1) is 14.5. The maximum Gasteiger partial charge on any atom is 0.308 e. The molecule has 2 N–H and O–H groups in total. The number of hydrogen-bond donors (Lipinski definition) is 1. The number of rotatable bonds is 6. The maximum absolute atomic E-state index is 12.4. The minimum Gasteiger partial charge on any atom is -0.457 e. The summed E-state index contributed by atoms with van der Waals surface area (Å²) in [7, 11) is 3.61. The van der Waals surface area contributed by atoms with Crippen molar-refractivity contribution < 1.29 is 9.53 Å². The van der Waals surface area contributed by atoms with Crippen LogP contribution in [0.5, 0.6) is 0 Å². The SMILES string of the molecule is CN(C)c1nc(N)nc(COC(=O)CCN2c3ccccc3Sc3ccccc32)n1.